The van der Waals surface area contributed by atoms with Gasteiger partial charge in [-0.2, -0.15) is 0 Å². The molecule has 3 heterocycles. The number of carbonyl (C=O) groups is 3. The number of Topliss-reactive ketones (excluding diaryl/α,β-unsaturated/α-hetero) is 1. The van der Waals surface area contributed by atoms with Crippen LogP contribution >= 0.6 is 0 Å². The number of likely N-dealkylation sites (tertiary alicyclic amines) is 1. The topological polar surface area (TPSA) is 115 Å². The fourth-order valence-corrected chi connectivity index (χ4v) is 4.80. The molecule has 10 nitrogen and oxygen atoms in total. The summed E-state index contributed by atoms with van der Waals surface area (Å²) in [7, 11) is 1.30. The molecule has 2 aromatic carbocycles. The maximum Gasteiger partial charge on any atom is 0.337 e. The maximum atomic E-state index is 13.3. The van der Waals surface area contributed by atoms with Gasteiger partial charge in [-0.1, -0.05) is 12.1 Å². The summed E-state index contributed by atoms with van der Waals surface area (Å²) in [5.41, 5.74) is 1.25. The zero-order chi connectivity index (χ0) is 25.9. The molecule has 37 heavy (non-hydrogen) atoms. The molecule has 1 atom stereocenters. The van der Waals surface area contributed by atoms with Crippen molar-refractivity contribution in [1.82, 2.24) is 9.80 Å². The summed E-state index contributed by atoms with van der Waals surface area (Å²) in [4.78, 5) is 42.1. The number of fused-ring (bicyclic) bond motifs is 1. The molecule has 0 saturated carbocycles. The molecular weight excluding hydrogens is 480 g/mol. The zero-order valence-corrected chi connectivity index (χ0v) is 20.5. The van der Waals surface area contributed by atoms with Gasteiger partial charge >= 0.3 is 5.97 Å². The number of rotatable bonds is 6. The van der Waals surface area contributed by atoms with E-state index in [4.69, 9.17) is 18.9 Å². The van der Waals surface area contributed by atoms with Gasteiger partial charge in [-0.3, -0.25) is 14.5 Å². The lowest BCUT2D eigenvalue weighted by atomic mass is 9.94. The first kappa shape index (κ1) is 24.8. The Morgan fingerprint density at radius 1 is 0.946 bits per heavy atom. The highest BCUT2D eigenvalue weighted by Gasteiger charge is 2.46. The molecule has 0 aliphatic carbocycles. The van der Waals surface area contributed by atoms with Crippen molar-refractivity contribution in [3.05, 3.63) is 64.7 Å². The van der Waals surface area contributed by atoms with E-state index in [-0.39, 0.29) is 17.9 Å². The summed E-state index contributed by atoms with van der Waals surface area (Å²) in [6, 6.07) is 10.5. The molecule has 10 heteroatoms. The van der Waals surface area contributed by atoms with Crippen LogP contribution in [0.15, 0.2) is 48.0 Å². The molecule has 194 valence electrons. The average Bonchev–Trinajstić information content (AvgIpc) is 3.20. The second-order valence-corrected chi connectivity index (χ2v) is 8.92. The average molecular weight is 509 g/mol. The Hall–Kier alpha value is -3.89. The van der Waals surface area contributed by atoms with Crippen molar-refractivity contribution >= 4 is 23.4 Å². The van der Waals surface area contributed by atoms with Gasteiger partial charge in [-0.15, -0.1) is 0 Å². The van der Waals surface area contributed by atoms with Crippen LogP contribution in [0.25, 0.3) is 5.76 Å². The van der Waals surface area contributed by atoms with Gasteiger partial charge in [-0.25, -0.2) is 4.79 Å². The second kappa shape index (κ2) is 10.6. The van der Waals surface area contributed by atoms with Gasteiger partial charge in [0.05, 0.1) is 37.5 Å². The minimum atomic E-state index is -0.832. The zero-order valence-electron chi connectivity index (χ0n) is 20.5. The fraction of sp³-hybridized carbons (Fsp3) is 0.370. The number of hydrogen-bond donors (Lipinski definition) is 1. The summed E-state index contributed by atoms with van der Waals surface area (Å²) in [6.45, 7) is 4.33. The molecule has 1 N–H and O–H groups in total. The van der Waals surface area contributed by atoms with Crippen molar-refractivity contribution in [2.24, 2.45) is 0 Å². The van der Waals surface area contributed by atoms with Crippen molar-refractivity contribution < 1.29 is 38.4 Å². The van der Waals surface area contributed by atoms with E-state index < -0.39 is 23.7 Å². The molecule has 0 bridgehead atoms. The number of ketones is 1. The Balaban J connectivity index is 1.53. The number of methoxy groups -OCH3 is 1. The molecule has 5 rings (SSSR count). The van der Waals surface area contributed by atoms with E-state index in [0.717, 1.165) is 13.1 Å². The highest BCUT2D eigenvalue weighted by Crippen LogP contribution is 2.41. The largest absolute Gasteiger partial charge is 0.507 e. The quantitative estimate of drug-likeness (QED) is 0.271. The number of aliphatic hydroxyl groups is 1. The van der Waals surface area contributed by atoms with E-state index in [2.05, 4.69) is 4.90 Å². The number of hydrogen-bond acceptors (Lipinski definition) is 9. The van der Waals surface area contributed by atoms with E-state index in [1.165, 1.54) is 12.0 Å². The smallest absolute Gasteiger partial charge is 0.337 e. The van der Waals surface area contributed by atoms with Gasteiger partial charge in [0, 0.05) is 31.7 Å². The number of nitrogens with zero attached hydrogens (tertiary/aromatic N) is 2. The van der Waals surface area contributed by atoms with Gasteiger partial charge in [0.2, 0.25) is 0 Å². The van der Waals surface area contributed by atoms with Crippen molar-refractivity contribution in [1.29, 1.82) is 0 Å². The normalized spacial score (nSPS) is 21.2. The van der Waals surface area contributed by atoms with E-state index in [1.54, 1.807) is 42.5 Å². The predicted molar refractivity (Wildman–Crippen MR) is 131 cm³/mol. The Labute approximate surface area is 214 Å². The molecule has 0 radical (unpaired) electrons. The van der Waals surface area contributed by atoms with Crippen LogP contribution in [0.5, 0.6) is 11.5 Å². The molecule has 1 amide bonds. The highest BCUT2D eigenvalue weighted by atomic mass is 16.6. The number of carbonyl (C=O) groups excluding carboxylic acids is 3. The lowest BCUT2D eigenvalue weighted by Crippen LogP contribution is -2.42. The summed E-state index contributed by atoms with van der Waals surface area (Å²) in [5, 5.41) is 11.3. The lowest BCUT2D eigenvalue weighted by molar-refractivity contribution is -0.140. The van der Waals surface area contributed by atoms with Crippen molar-refractivity contribution in [2.75, 3.05) is 59.7 Å². The summed E-state index contributed by atoms with van der Waals surface area (Å²) >= 11 is 0. The third kappa shape index (κ3) is 4.90. The molecular formula is C27H28N2O8. The number of esters is 1. The lowest BCUT2D eigenvalue weighted by Gasteiger charge is -2.31. The first-order valence-corrected chi connectivity index (χ1v) is 12.1. The van der Waals surface area contributed by atoms with Crippen LogP contribution in [0.2, 0.25) is 0 Å². The van der Waals surface area contributed by atoms with Crippen LogP contribution in [0.3, 0.4) is 0 Å². The van der Waals surface area contributed by atoms with Crippen molar-refractivity contribution in [3.8, 4) is 11.5 Å². The van der Waals surface area contributed by atoms with Crippen LogP contribution in [0.4, 0.5) is 0 Å². The molecule has 2 saturated heterocycles. The molecule has 3 aliphatic heterocycles. The summed E-state index contributed by atoms with van der Waals surface area (Å²) in [5.74, 6) is -1.25. The van der Waals surface area contributed by atoms with E-state index >= 15 is 0 Å². The van der Waals surface area contributed by atoms with Crippen LogP contribution < -0.4 is 9.47 Å². The van der Waals surface area contributed by atoms with Crippen LogP contribution in [-0.4, -0.2) is 92.3 Å². The Morgan fingerprint density at radius 3 is 2.32 bits per heavy atom. The fourth-order valence-electron chi connectivity index (χ4n) is 4.80. The second-order valence-electron chi connectivity index (χ2n) is 8.92. The van der Waals surface area contributed by atoms with Gasteiger partial charge in [0.1, 0.15) is 19.0 Å². The van der Waals surface area contributed by atoms with Gasteiger partial charge in [-0.05, 0) is 35.9 Å². The first-order chi connectivity index (χ1) is 18.0. The van der Waals surface area contributed by atoms with E-state index in [1.807, 2.05) is 0 Å². The number of amides is 1. The molecule has 2 fully saturated rings. The van der Waals surface area contributed by atoms with Crippen LogP contribution in [0, 0.1) is 0 Å². The minimum absolute atomic E-state index is 0.0190. The van der Waals surface area contributed by atoms with Gasteiger partial charge < -0.3 is 29.0 Å². The van der Waals surface area contributed by atoms with Crippen LogP contribution in [-0.2, 0) is 19.1 Å². The van der Waals surface area contributed by atoms with E-state index in [9.17, 15) is 19.5 Å². The molecule has 2 aromatic rings. The molecule has 0 unspecified atom stereocenters. The monoisotopic (exact) mass is 508 g/mol. The summed E-state index contributed by atoms with van der Waals surface area (Å²) < 4.78 is 21.4. The number of ether oxygens (including phenoxy) is 4. The Bertz CT molecular complexity index is 1230. The molecule has 3 aliphatic rings. The van der Waals surface area contributed by atoms with Gasteiger partial charge in [0.25, 0.3) is 11.7 Å². The van der Waals surface area contributed by atoms with Crippen molar-refractivity contribution in [3.63, 3.8) is 0 Å². The Morgan fingerprint density at radius 2 is 1.62 bits per heavy atom. The van der Waals surface area contributed by atoms with Crippen molar-refractivity contribution in [2.45, 2.75) is 6.04 Å². The predicted octanol–water partition coefficient (Wildman–Crippen LogP) is 2.00. The maximum absolute atomic E-state index is 13.3. The standard InChI is InChI=1S/C27H28N2O8/c1-34-27(33)18-4-2-17(3-5-18)23-22(24(30)19-6-7-20-21(16-19)37-15-14-36-20)25(31)26(32)29(23)9-8-28-10-12-35-13-11-28/h2-7,16,23,30H,8-15H2,1H3/b24-22+/t23-/m1/s1. The highest BCUT2D eigenvalue weighted by molar-refractivity contribution is 6.46. The third-order valence-corrected chi connectivity index (χ3v) is 6.76. The Kier molecular flexibility index (Phi) is 7.11. The molecule has 0 spiro atoms. The number of aliphatic hydroxyl groups excluding tert-OH is 1. The van der Waals surface area contributed by atoms with Crippen LogP contribution in [0.1, 0.15) is 27.5 Å². The van der Waals surface area contributed by atoms with Gasteiger partial charge in [0.15, 0.2) is 11.5 Å². The number of morpholine rings is 1. The first-order valence-electron chi connectivity index (χ1n) is 12.1. The number of benzene rings is 2. The molecule has 0 aromatic heterocycles. The van der Waals surface area contributed by atoms with E-state index in [0.29, 0.717) is 61.2 Å². The third-order valence-electron chi connectivity index (χ3n) is 6.76. The summed E-state index contributed by atoms with van der Waals surface area (Å²) in [6.07, 6.45) is 0. The minimum Gasteiger partial charge on any atom is -0.507 e. The SMILES string of the molecule is COC(=O)c1ccc([C@@H]2/C(=C(\O)c3ccc4c(c3)OCCO4)C(=O)C(=O)N2CCN2CCOCC2)cc1.